The summed E-state index contributed by atoms with van der Waals surface area (Å²) in [7, 11) is 0. The fourth-order valence-corrected chi connectivity index (χ4v) is 2.07. The van der Waals surface area contributed by atoms with E-state index in [1.54, 1.807) is 24.3 Å². The Kier molecular flexibility index (Phi) is 5.12. The number of nitrogens with one attached hydrogen (secondary N) is 2. The minimum atomic E-state index is -0.553. The third-order valence-electron chi connectivity index (χ3n) is 3.13. The highest BCUT2D eigenvalue weighted by Gasteiger charge is 2.31. The maximum Gasteiger partial charge on any atom is 0.277 e. The number of carbonyl (C=O) groups is 3. The number of rotatable bonds is 6. The van der Waals surface area contributed by atoms with Crippen LogP contribution >= 0.6 is 0 Å². The lowest BCUT2D eigenvalue weighted by Gasteiger charge is -2.14. The van der Waals surface area contributed by atoms with Crippen molar-refractivity contribution in [3.05, 3.63) is 41.6 Å². The number of β-amino-alcohol motifs (C(OH)–C–C–N with tert-alkyl or cyclic N) is 1. The molecule has 0 saturated carbocycles. The van der Waals surface area contributed by atoms with E-state index in [-0.39, 0.29) is 25.4 Å². The number of anilines is 1. The molecule has 0 aromatic heterocycles. The van der Waals surface area contributed by atoms with Gasteiger partial charge in [0, 0.05) is 6.08 Å². The van der Waals surface area contributed by atoms with E-state index in [0.29, 0.717) is 11.3 Å². The first-order valence-corrected chi connectivity index (χ1v) is 6.84. The van der Waals surface area contributed by atoms with Crippen LogP contribution in [-0.2, 0) is 9.59 Å². The van der Waals surface area contributed by atoms with Crippen LogP contribution in [0.3, 0.4) is 0 Å². The van der Waals surface area contributed by atoms with Crippen molar-refractivity contribution in [1.82, 2.24) is 10.2 Å². The number of hydrogen-bond acceptors (Lipinski definition) is 5. The molecule has 1 aromatic rings. The Bertz CT molecular complexity index is 718. The van der Waals surface area contributed by atoms with E-state index in [1.807, 2.05) is 0 Å². The van der Waals surface area contributed by atoms with Crippen molar-refractivity contribution in [3.63, 3.8) is 0 Å². The van der Waals surface area contributed by atoms with Crippen LogP contribution in [0.1, 0.15) is 10.4 Å². The second-order valence-corrected chi connectivity index (χ2v) is 4.63. The zero-order valence-corrected chi connectivity index (χ0v) is 12.2. The van der Waals surface area contributed by atoms with Crippen molar-refractivity contribution < 1.29 is 19.5 Å². The van der Waals surface area contributed by atoms with Gasteiger partial charge < -0.3 is 15.7 Å². The fourth-order valence-electron chi connectivity index (χ4n) is 2.07. The van der Waals surface area contributed by atoms with E-state index in [4.69, 9.17) is 11.5 Å². The number of hydrogen-bond donors (Lipinski definition) is 3. The number of para-hydroxylation sites is 1. The molecule has 3 amide bonds. The number of aliphatic hydroxyl groups excluding tert-OH is 1. The molecule has 0 fully saturated rings. The molecule has 3 N–H and O–H groups in total. The Morgan fingerprint density at radius 1 is 1.30 bits per heavy atom. The number of carbonyl (C=O) groups excluding carboxylic acids is 3. The summed E-state index contributed by atoms with van der Waals surface area (Å²) < 4.78 is 0. The summed E-state index contributed by atoms with van der Waals surface area (Å²) in [4.78, 5) is 36.8. The van der Waals surface area contributed by atoms with E-state index >= 15 is 0 Å². The Labute approximate surface area is 133 Å². The van der Waals surface area contributed by atoms with Crippen molar-refractivity contribution in [1.29, 1.82) is 0 Å². The molecule has 0 atom stereocenters. The zero-order valence-electron chi connectivity index (χ0n) is 12.2. The maximum atomic E-state index is 12.1. The fraction of sp³-hybridized carbons (Fsp3) is 0.188. The number of terminal acetylenes is 1. The molecule has 1 heterocycles. The van der Waals surface area contributed by atoms with Crippen LogP contribution in [-0.4, -0.2) is 47.4 Å². The summed E-state index contributed by atoms with van der Waals surface area (Å²) in [5.41, 5.74) is 0.713. The smallest absolute Gasteiger partial charge is 0.277 e. The Morgan fingerprint density at radius 3 is 2.74 bits per heavy atom. The van der Waals surface area contributed by atoms with Gasteiger partial charge in [-0.05, 0) is 12.1 Å². The normalized spacial score (nSPS) is 13.6. The predicted octanol–water partition coefficient (Wildman–Crippen LogP) is -0.294. The number of nitrogens with zero attached hydrogens (tertiary/aromatic N) is 1. The second-order valence-electron chi connectivity index (χ2n) is 4.63. The summed E-state index contributed by atoms with van der Waals surface area (Å²) in [5, 5.41) is 14.2. The van der Waals surface area contributed by atoms with Crippen molar-refractivity contribution in [2.45, 2.75) is 0 Å². The molecule has 1 aromatic carbocycles. The Hall–Kier alpha value is -3.11. The van der Waals surface area contributed by atoms with E-state index in [1.165, 1.54) is 0 Å². The molecule has 0 spiro atoms. The monoisotopic (exact) mass is 313 g/mol. The van der Waals surface area contributed by atoms with Crippen molar-refractivity contribution in [2.75, 3.05) is 25.0 Å². The lowest BCUT2D eigenvalue weighted by atomic mass is 10.1. The highest BCUT2D eigenvalue weighted by molar-refractivity contribution is 6.17. The van der Waals surface area contributed by atoms with Crippen molar-refractivity contribution in [3.8, 4) is 12.3 Å². The molecule has 23 heavy (non-hydrogen) atoms. The molecule has 7 nitrogen and oxygen atoms in total. The first-order valence-electron chi connectivity index (χ1n) is 6.84. The molecule has 0 unspecified atom stereocenters. The lowest BCUT2D eigenvalue weighted by Crippen LogP contribution is -2.34. The van der Waals surface area contributed by atoms with Crippen LogP contribution < -0.4 is 10.6 Å². The first-order chi connectivity index (χ1) is 11.1. The molecule has 2 rings (SSSR count). The van der Waals surface area contributed by atoms with Gasteiger partial charge >= 0.3 is 0 Å². The lowest BCUT2D eigenvalue weighted by molar-refractivity contribution is -0.137. The number of aliphatic hydroxyl groups is 1. The largest absolute Gasteiger partial charge is 0.395 e. The Balaban J connectivity index is 2.20. The van der Waals surface area contributed by atoms with Crippen molar-refractivity contribution in [2.24, 2.45) is 0 Å². The van der Waals surface area contributed by atoms with Crippen LogP contribution in [0, 0.1) is 12.3 Å². The third kappa shape index (κ3) is 3.56. The second kappa shape index (κ2) is 7.24. The average molecular weight is 313 g/mol. The molecule has 118 valence electrons. The van der Waals surface area contributed by atoms with Gasteiger partial charge in [0.1, 0.15) is 5.70 Å². The molecule has 1 aliphatic heterocycles. The molecule has 0 radical (unpaired) electrons. The number of benzene rings is 1. The van der Waals surface area contributed by atoms with Gasteiger partial charge in [-0.3, -0.25) is 19.3 Å². The number of imide groups is 1. The van der Waals surface area contributed by atoms with Gasteiger partial charge in [0.15, 0.2) is 0 Å². The van der Waals surface area contributed by atoms with Gasteiger partial charge in [0.05, 0.1) is 30.9 Å². The predicted molar refractivity (Wildman–Crippen MR) is 83.1 cm³/mol. The van der Waals surface area contributed by atoms with E-state index in [0.717, 1.165) is 11.0 Å². The maximum absolute atomic E-state index is 12.1. The van der Waals surface area contributed by atoms with E-state index < -0.39 is 17.7 Å². The molecular formula is C16H15N3O4. The van der Waals surface area contributed by atoms with Gasteiger partial charge in [-0.15, -0.1) is 6.42 Å². The van der Waals surface area contributed by atoms with E-state index in [9.17, 15) is 14.4 Å². The summed E-state index contributed by atoms with van der Waals surface area (Å²) in [6.45, 7) is -0.315. The highest BCUT2D eigenvalue weighted by atomic mass is 16.3. The van der Waals surface area contributed by atoms with Crippen LogP contribution in [0.2, 0.25) is 0 Å². The zero-order chi connectivity index (χ0) is 16.8. The van der Waals surface area contributed by atoms with Gasteiger partial charge in [0.2, 0.25) is 0 Å². The molecule has 7 heteroatoms. The van der Waals surface area contributed by atoms with Crippen LogP contribution in [0.5, 0.6) is 0 Å². The van der Waals surface area contributed by atoms with Gasteiger partial charge in [-0.25, -0.2) is 0 Å². The minimum Gasteiger partial charge on any atom is -0.395 e. The van der Waals surface area contributed by atoms with Crippen LogP contribution in [0.15, 0.2) is 36.0 Å². The quantitative estimate of drug-likeness (QED) is 0.495. The molecule has 0 saturated heterocycles. The SMILES string of the molecule is C#CCNC(=O)c1ccccc1NC1=CC(=O)N(CCO)C1=O. The van der Waals surface area contributed by atoms with Crippen LogP contribution in [0.25, 0.3) is 0 Å². The molecule has 0 bridgehead atoms. The van der Waals surface area contributed by atoms with E-state index in [2.05, 4.69) is 16.6 Å². The summed E-state index contributed by atoms with van der Waals surface area (Å²) >= 11 is 0. The summed E-state index contributed by atoms with van der Waals surface area (Å²) in [6.07, 6.45) is 6.24. The summed E-state index contributed by atoms with van der Waals surface area (Å²) in [5.74, 6) is 0.842. The van der Waals surface area contributed by atoms with Gasteiger partial charge in [-0.1, -0.05) is 18.1 Å². The minimum absolute atomic E-state index is 0.0423. The Morgan fingerprint density at radius 2 is 2.04 bits per heavy atom. The topological polar surface area (TPSA) is 98.7 Å². The molecule has 0 aliphatic carbocycles. The van der Waals surface area contributed by atoms with Crippen LogP contribution in [0.4, 0.5) is 5.69 Å². The first kappa shape index (κ1) is 16.3. The highest BCUT2D eigenvalue weighted by Crippen LogP contribution is 2.20. The van der Waals surface area contributed by atoms with Crippen molar-refractivity contribution >= 4 is 23.4 Å². The standard InChI is InChI=1S/C16H15N3O4/c1-2-7-17-15(22)11-5-3-4-6-12(11)18-13-10-14(21)19(8-9-20)16(13)23/h1,3-6,10,18,20H,7-9H2,(H,17,22). The number of amides is 3. The third-order valence-corrected chi connectivity index (χ3v) is 3.13. The molecular weight excluding hydrogens is 298 g/mol. The van der Waals surface area contributed by atoms with Gasteiger partial charge in [-0.2, -0.15) is 0 Å². The van der Waals surface area contributed by atoms with Gasteiger partial charge in [0.25, 0.3) is 17.7 Å². The molecule has 1 aliphatic rings. The summed E-state index contributed by atoms with van der Waals surface area (Å²) in [6, 6.07) is 6.54. The average Bonchev–Trinajstić information content (AvgIpc) is 2.81.